The summed E-state index contributed by atoms with van der Waals surface area (Å²) < 4.78 is 14.8. The lowest BCUT2D eigenvalue weighted by molar-refractivity contribution is -0.155. The first-order valence-corrected chi connectivity index (χ1v) is 12.3. The van der Waals surface area contributed by atoms with E-state index in [1.165, 1.54) is 0 Å². The van der Waals surface area contributed by atoms with E-state index in [1.807, 2.05) is 19.2 Å². The van der Waals surface area contributed by atoms with Crippen molar-refractivity contribution in [3.63, 3.8) is 0 Å². The lowest BCUT2D eigenvalue weighted by Crippen LogP contribution is -2.26. The van der Waals surface area contributed by atoms with Crippen LogP contribution in [0.4, 0.5) is 0 Å². The lowest BCUT2D eigenvalue weighted by atomic mass is 9.99. The minimum atomic E-state index is -0.265. The molecular formula is C27H35N3O4. The predicted octanol–water partition coefficient (Wildman–Crippen LogP) is 4.41. The van der Waals surface area contributed by atoms with Gasteiger partial charge in [-0.3, -0.25) is 9.59 Å². The highest BCUT2D eigenvalue weighted by Gasteiger charge is 2.25. The van der Waals surface area contributed by atoms with E-state index in [9.17, 15) is 9.59 Å². The molecule has 4 rings (SSSR count). The van der Waals surface area contributed by atoms with Crippen molar-refractivity contribution in [1.82, 2.24) is 14.1 Å². The van der Waals surface area contributed by atoms with E-state index in [0.717, 1.165) is 66.6 Å². The van der Waals surface area contributed by atoms with Crippen molar-refractivity contribution in [3.8, 4) is 11.4 Å². The summed E-state index contributed by atoms with van der Waals surface area (Å²) in [5.74, 6) is 0.446. The van der Waals surface area contributed by atoms with Gasteiger partial charge in [0.25, 0.3) is 5.56 Å². The van der Waals surface area contributed by atoms with Crippen LogP contribution in [0, 0.1) is 12.8 Å². The van der Waals surface area contributed by atoms with Crippen molar-refractivity contribution < 1.29 is 14.3 Å². The molecule has 2 heterocycles. The number of aromatic nitrogens is 3. The fraction of sp³-hybridized carbons (Fsp3) is 0.519. The third-order valence-electron chi connectivity index (χ3n) is 6.82. The number of imidazole rings is 1. The van der Waals surface area contributed by atoms with E-state index in [0.29, 0.717) is 18.6 Å². The summed E-state index contributed by atoms with van der Waals surface area (Å²) in [6.07, 6.45) is 7.55. The number of pyridine rings is 1. The lowest BCUT2D eigenvalue weighted by Gasteiger charge is -2.18. The summed E-state index contributed by atoms with van der Waals surface area (Å²) in [5.41, 5.74) is 4.73. The number of carbonyl (C=O) groups excluding carboxylic acids is 1. The molecule has 0 radical (unpaired) electrons. The smallest absolute Gasteiger partial charge is 0.311 e. The summed E-state index contributed by atoms with van der Waals surface area (Å²) in [4.78, 5) is 29.8. The molecule has 182 valence electrons. The zero-order valence-electron chi connectivity index (χ0n) is 20.7. The van der Waals surface area contributed by atoms with E-state index >= 15 is 0 Å². The minimum Gasteiger partial charge on any atom is -0.462 e. The molecule has 7 nitrogen and oxygen atoms in total. The van der Waals surface area contributed by atoms with Gasteiger partial charge in [0.05, 0.1) is 23.6 Å². The summed E-state index contributed by atoms with van der Waals surface area (Å²) in [6.45, 7) is 5.07. The molecule has 1 atom stereocenters. The molecule has 0 N–H and O–H groups in total. The highest BCUT2D eigenvalue weighted by Crippen LogP contribution is 2.27. The van der Waals surface area contributed by atoms with Crippen LogP contribution in [0.15, 0.2) is 35.3 Å². The molecule has 0 aliphatic heterocycles. The molecule has 34 heavy (non-hydrogen) atoms. The second kappa shape index (κ2) is 10.6. The topological polar surface area (TPSA) is 75.4 Å². The Kier molecular flexibility index (Phi) is 7.51. The molecule has 0 spiro atoms. The predicted molar refractivity (Wildman–Crippen MR) is 133 cm³/mol. The fourth-order valence-electron chi connectivity index (χ4n) is 4.95. The molecule has 1 fully saturated rings. The van der Waals surface area contributed by atoms with Gasteiger partial charge in [-0.25, -0.2) is 4.98 Å². The van der Waals surface area contributed by atoms with Gasteiger partial charge in [-0.05, 0) is 76.1 Å². The zero-order valence-corrected chi connectivity index (χ0v) is 20.7. The molecule has 1 aromatic carbocycles. The van der Waals surface area contributed by atoms with Crippen LogP contribution in [0.1, 0.15) is 50.2 Å². The van der Waals surface area contributed by atoms with Gasteiger partial charge in [0, 0.05) is 38.0 Å². The van der Waals surface area contributed by atoms with Crippen LogP contribution in [0.3, 0.4) is 0 Å². The van der Waals surface area contributed by atoms with E-state index in [4.69, 9.17) is 14.5 Å². The Bertz CT molecular complexity index is 1190. The Morgan fingerprint density at radius 2 is 2.00 bits per heavy atom. The molecule has 7 heteroatoms. The van der Waals surface area contributed by atoms with Crippen LogP contribution >= 0.6 is 0 Å². The molecular weight excluding hydrogens is 430 g/mol. The van der Waals surface area contributed by atoms with Crippen LogP contribution in [0.5, 0.6) is 0 Å². The van der Waals surface area contributed by atoms with Crippen molar-refractivity contribution in [2.45, 2.75) is 65.0 Å². The second-order valence-electron chi connectivity index (χ2n) is 9.36. The van der Waals surface area contributed by atoms with Crippen LogP contribution < -0.4 is 5.56 Å². The number of benzene rings is 1. The van der Waals surface area contributed by atoms with Gasteiger partial charge in [0.2, 0.25) is 0 Å². The molecule has 0 amide bonds. The number of nitrogens with zero attached hydrogens (tertiary/aromatic N) is 3. The third kappa shape index (κ3) is 5.09. The number of methoxy groups -OCH3 is 1. The number of ether oxygens (including phenoxy) is 2. The minimum absolute atomic E-state index is 0.00210. The summed E-state index contributed by atoms with van der Waals surface area (Å²) >= 11 is 0. The van der Waals surface area contributed by atoms with Crippen molar-refractivity contribution in [1.29, 1.82) is 0 Å². The number of hydrogen-bond acceptors (Lipinski definition) is 5. The maximum atomic E-state index is 12.7. The largest absolute Gasteiger partial charge is 0.462 e. The first kappa shape index (κ1) is 24.2. The van der Waals surface area contributed by atoms with Gasteiger partial charge in [-0.2, -0.15) is 0 Å². The highest BCUT2D eigenvalue weighted by atomic mass is 16.5. The van der Waals surface area contributed by atoms with Crippen molar-refractivity contribution in [2.24, 2.45) is 13.0 Å². The molecule has 0 saturated heterocycles. The Morgan fingerprint density at radius 1 is 1.24 bits per heavy atom. The number of esters is 1. The molecule has 0 bridgehead atoms. The third-order valence-corrected chi connectivity index (χ3v) is 6.82. The van der Waals surface area contributed by atoms with Crippen LogP contribution in [-0.2, 0) is 34.3 Å². The maximum Gasteiger partial charge on any atom is 0.311 e. The van der Waals surface area contributed by atoms with Crippen molar-refractivity contribution in [2.75, 3.05) is 13.7 Å². The average molecular weight is 466 g/mol. The number of aryl methyl sites for hydroxylation is 4. The summed E-state index contributed by atoms with van der Waals surface area (Å²) in [7, 11) is 3.39. The molecule has 0 unspecified atom stereocenters. The number of carbonyl (C=O) groups is 1. The van der Waals surface area contributed by atoms with Gasteiger partial charge in [-0.15, -0.1) is 0 Å². The van der Waals surface area contributed by atoms with E-state index in [-0.39, 0.29) is 23.6 Å². The molecule has 2 aromatic heterocycles. The summed E-state index contributed by atoms with van der Waals surface area (Å²) in [5, 5.41) is 0. The Balaban J connectivity index is 1.55. The molecule has 3 aromatic rings. The normalized spacial score (nSPS) is 15.2. The zero-order chi connectivity index (χ0) is 24.2. The number of fused-ring (bicyclic) bond motifs is 1. The average Bonchev–Trinajstić information content (AvgIpc) is 3.46. The van der Waals surface area contributed by atoms with Crippen molar-refractivity contribution in [3.05, 3.63) is 51.9 Å². The van der Waals surface area contributed by atoms with Crippen molar-refractivity contribution >= 4 is 17.0 Å². The molecule has 1 saturated carbocycles. The number of hydrogen-bond donors (Lipinski definition) is 0. The summed E-state index contributed by atoms with van der Waals surface area (Å²) in [6, 6.07) is 8.22. The standard InChI is InChI=1S/C27H35N3O4/c1-5-30-24-13-11-19(10-12-20(17-33-4)27(32)34-22-8-6-7-9-22)15-23(24)28-25(30)21-14-18(2)26(31)29(3)16-21/h11,13-16,20,22H,5-10,12,17H2,1-4H3/t20-/m0/s1. The maximum absolute atomic E-state index is 12.7. The quantitative estimate of drug-likeness (QED) is 0.438. The Morgan fingerprint density at radius 3 is 2.68 bits per heavy atom. The fourth-order valence-corrected chi connectivity index (χ4v) is 4.95. The molecule has 1 aliphatic rings. The van der Waals surface area contributed by atoms with Crippen LogP contribution in [0.2, 0.25) is 0 Å². The van der Waals surface area contributed by atoms with Gasteiger partial charge in [0.15, 0.2) is 0 Å². The number of rotatable bonds is 9. The van der Waals surface area contributed by atoms with Crippen LogP contribution in [0.25, 0.3) is 22.4 Å². The van der Waals surface area contributed by atoms with Gasteiger partial charge < -0.3 is 18.6 Å². The Labute approximate surface area is 200 Å². The first-order chi connectivity index (χ1) is 16.4. The second-order valence-corrected chi connectivity index (χ2v) is 9.36. The van der Waals surface area contributed by atoms with Crippen LogP contribution in [-0.4, -0.2) is 39.9 Å². The first-order valence-electron chi connectivity index (χ1n) is 12.3. The molecule has 1 aliphatic carbocycles. The Hall–Kier alpha value is -2.93. The van der Waals surface area contributed by atoms with E-state index in [2.05, 4.69) is 29.7 Å². The van der Waals surface area contributed by atoms with Gasteiger partial charge in [-0.1, -0.05) is 6.07 Å². The van der Waals surface area contributed by atoms with Gasteiger partial charge in [0.1, 0.15) is 11.9 Å². The van der Waals surface area contributed by atoms with E-state index in [1.54, 1.807) is 18.7 Å². The monoisotopic (exact) mass is 465 g/mol. The SMILES string of the molecule is CCn1c(-c2cc(C)c(=O)n(C)c2)nc2cc(CC[C@@H](COC)C(=O)OC3CCCC3)ccc21. The van der Waals surface area contributed by atoms with E-state index < -0.39 is 0 Å². The van der Waals surface area contributed by atoms with Gasteiger partial charge >= 0.3 is 5.97 Å². The highest BCUT2D eigenvalue weighted by molar-refractivity contribution is 5.81.